The molecular weight excluding hydrogens is 269 g/mol. The molecule has 0 spiro atoms. The van der Waals surface area contributed by atoms with E-state index in [1.54, 1.807) is 18.3 Å². The summed E-state index contributed by atoms with van der Waals surface area (Å²) in [5, 5.41) is 3.16. The van der Waals surface area contributed by atoms with E-state index in [0.29, 0.717) is 13.1 Å². The SMILES string of the molecule is FC(F)(F)Oc1ccc(CNCc2ccccn2)cc1. The Morgan fingerprint density at radius 1 is 1.00 bits per heavy atom. The fraction of sp³-hybridized carbons (Fsp3) is 0.214. The number of hydrogen-bond acceptors (Lipinski definition) is 3. The number of nitrogens with one attached hydrogen (secondary N) is 1. The van der Waals surface area contributed by atoms with E-state index in [-0.39, 0.29) is 5.75 Å². The molecule has 1 heterocycles. The summed E-state index contributed by atoms with van der Waals surface area (Å²) >= 11 is 0. The van der Waals surface area contributed by atoms with E-state index in [4.69, 9.17) is 0 Å². The Morgan fingerprint density at radius 2 is 1.75 bits per heavy atom. The highest BCUT2D eigenvalue weighted by Gasteiger charge is 2.30. The van der Waals surface area contributed by atoms with Gasteiger partial charge in [0, 0.05) is 19.3 Å². The minimum Gasteiger partial charge on any atom is -0.406 e. The second-order valence-electron chi connectivity index (χ2n) is 4.12. The van der Waals surface area contributed by atoms with Crippen molar-refractivity contribution in [1.29, 1.82) is 0 Å². The van der Waals surface area contributed by atoms with Gasteiger partial charge >= 0.3 is 6.36 Å². The number of nitrogens with zero attached hydrogens (tertiary/aromatic N) is 1. The van der Waals surface area contributed by atoms with Gasteiger partial charge in [0.2, 0.25) is 0 Å². The third kappa shape index (κ3) is 4.89. The Kier molecular flexibility index (Phi) is 4.57. The summed E-state index contributed by atoms with van der Waals surface area (Å²) in [6.45, 7) is 1.14. The van der Waals surface area contributed by atoms with Crippen LogP contribution >= 0.6 is 0 Å². The normalized spacial score (nSPS) is 11.3. The first kappa shape index (κ1) is 14.3. The first-order chi connectivity index (χ1) is 9.53. The first-order valence-electron chi connectivity index (χ1n) is 5.98. The molecule has 106 valence electrons. The molecule has 0 saturated heterocycles. The zero-order chi connectivity index (χ0) is 14.4. The van der Waals surface area contributed by atoms with Crippen LogP contribution in [0.25, 0.3) is 0 Å². The van der Waals surface area contributed by atoms with Crippen LogP contribution in [0.15, 0.2) is 48.7 Å². The maximum atomic E-state index is 12.0. The molecule has 6 heteroatoms. The first-order valence-corrected chi connectivity index (χ1v) is 5.98. The van der Waals surface area contributed by atoms with Gasteiger partial charge in [0.25, 0.3) is 0 Å². The molecule has 1 N–H and O–H groups in total. The lowest BCUT2D eigenvalue weighted by molar-refractivity contribution is -0.274. The molecule has 20 heavy (non-hydrogen) atoms. The minimum atomic E-state index is -4.65. The highest BCUT2D eigenvalue weighted by atomic mass is 19.4. The molecule has 1 aromatic carbocycles. The monoisotopic (exact) mass is 282 g/mol. The largest absolute Gasteiger partial charge is 0.573 e. The van der Waals surface area contributed by atoms with E-state index in [1.165, 1.54) is 12.1 Å². The van der Waals surface area contributed by atoms with E-state index in [2.05, 4.69) is 15.0 Å². The fourth-order valence-electron chi connectivity index (χ4n) is 1.65. The van der Waals surface area contributed by atoms with Crippen molar-refractivity contribution in [2.24, 2.45) is 0 Å². The minimum absolute atomic E-state index is 0.217. The van der Waals surface area contributed by atoms with Crippen LogP contribution in [0.2, 0.25) is 0 Å². The number of alkyl halides is 3. The van der Waals surface area contributed by atoms with Gasteiger partial charge in [0.15, 0.2) is 0 Å². The smallest absolute Gasteiger partial charge is 0.406 e. The average Bonchev–Trinajstić information content (AvgIpc) is 2.40. The van der Waals surface area contributed by atoms with Gasteiger partial charge < -0.3 is 10.1 Å². The Bertz CT molecular complexity index is 526. The van der Waals surface area contributed by atoms with Gasteiger partial charge in [-0.15, -0.1) is 13.2 Å². The Labute approximate surface area is 114 Å². The molecule has 0 aliphatic carbocycles. The summed E-state index contributed by atoms with van der Waals surface area (Å²) in [5.41, 5.74) is 1.78. The molecule has 0 atom stereocenters. The third-order valence-corrected chi connectivity index (χ3v) is 2.52. The van der Waals surface area contributed by atoms with Gasteiger partial charge in [-0.25, -0.2) is 0 Å². The van der Waals surface area contributed by atoms with Gasteiger partial charge in [-0.05, 0) is 29.8 Å². The molecule has 0 fully saturated rings. The zero-order valence-electron chi connectivity index (χ0n) is 10.5. The maximum Gasteiger partial charge on any atom is 0.573 e. The molecule has 0 aliphatic heterocycles. The van der Waals surface area contributed by atoms with Gasteiger partial charge in [0.05, 0.1) is 5.69 Å². The number of ether oxygens (including phenoxy) is 1. The number of rotatable bonds is 5. The highest BCUT2D eigenvalue weighted by Crippen LogP contribution is 2.22. The highest BCUT2D eigenvalue weighted by molar-refractivity contribution is 5.27. The number of aromatic nitrogens is 1. The molecule has 0 radical (unpaired) electrons. The van der Waals surface area contributed by atoms with Gasteiger partial charge in [-0.1, -0.05) is 18.2 Å². The lowest BCUT2D eigenvalue weighted by Crippen LogP contribution is -2.17. The van der Waals surface area contributed by atoms with Crippen LogP contribution in [-0.2, 0) is 13.1 Å². The van der Waals surface area contributed by atoms with Gasteiger partial charge in [-0.3, -0.25) is 4.98 Å². The molecule has 1 aromatic heterocycles. The molecule has 0 aliphatic rings. The van der Waals surface area contributed by atoms with E-state index < -0.39 is 6.36 Å². The zero-order valence-corrected chi connectivity index (χ0v) is 10.5. The lowest BCUT2D eigenvalue weighted by Gasteiger charge is -2.09. The van der Waals surface area contributed by atoms with E-state index in [9.17, 15) is 13.2 Å². The Hall–Kier alpha value is -2.08. The summed E-state index contributed by atoms with van der Waals surface area (Å²) in [4.78, 5) is 4.16. The van der Waals surface area contributed by atoms with Crippen LogP contribution in [0.5, 0.6) is 5.75 Å². The topological polar surface area (TPSA) is 34.1 Å². The van der Waals surface area contributed by atoms with Gasteiger partial charge in [-0.2, -0.15) is 0 Å². The lowest BCUT2D eigenvalue weighted by atomic mass is 10.2. The van der Waals surface area contributed by atoms with Crippen molar-refractivity contribution in [3.05, 3.63) is 59.9 Å². The fourth-order valence-corrected chi connectivity index (χ4v) is 1.65. The summed E-state index contributed by atoms with van der Waals surface area (Å²) in [6.07, 6.45) is -2.95. The second-order valence-corrected chi connectivity index (χ2v) is 4.12. The van der Waals surface area contributed by atoms with Crippen molar-refractivity contribution in [2.75, 3.05) is 0 Å². The van der Waals surface area contributed by atoms with E-state index >= 15 is 0 Å². The van der Waals surface area contributed by atoms with Crippen molar-refractivity contribution in [1.82, 2.24) is 10.3 Å². The van der Waals surface area contributed by atoms with E-state index in [0.717, 1.165) is 11.3 Å². The number of pyridine rings is 1. The van der Waals surface area contributed by atoms with Crippen molar-refractivity contribution in [2.45, 2.75) is 19.5 Å². The van der Waals surface area contributed by atoms with Crippen molar-refractivity contribution in [3.8, 4) is 5.75 Å². The molecule has 2 rings (SSSR count). The summed E-state index contributed by atoms with van der Waals surface area (Å²) < 4.78 is 39.8. The van der Waals surface area contributed by atoms with Crippen LogP contribution in [0.3, 0.4) is 0 Å². The molecule has 3 nitrogen and oxygen atoms in total. The molecule has 2 aromatic rings. The molecule has 0 unspecified atom stereocenters. The van der Waals surface area contributed by atoms with E-state index in [1.807, 2.05) is 18.2 Å². The molecule has 0 amide bonds. The van der Waals surface area contributed by atoms with Crippen LogP contribution in [0.1, 0.15) is 11.3 Å². The Morgan fingerprint density at radius 3 is 2.35 bits per heavy atom. The third-order valence-electron chi connectivity index (χ3n) is 2.52. The summed E-state index contributed by atoms with van der Waals surface area (Å²) in [5.74, 6) is -0.217. The molecule has 0 saturated carbocycles. The average molecular weight is 282 g/mol. The second kappa shape index (κ2) is 6.38. The summed E-state index contributed by atoms with van der Waals surface area (Å²) in [7, 11) is 0. The number of hydrogen-bond donors (Lipinski definition) is 1. The van der Waals surface area contributed by atoms with Crippen molar-refractivity contribution in [3.63, 3.8) is 0 Å². The van der Waals surface area contributed by atoms with Crippen LogP contribution in [0, 0.1) is 0 Å². The Balaban J connectivity index is 1.82. The maximum absolute atomic E-state index is 12.0. The van der Waals surface area contributed by atoms with Gasteiger partial charge in [0.1, 0.15) is 5.75 Å². The molecule has 0 bridgehead atoms. The van der Waals surface area contributed by atoms with Crippen LogP contribution in [-0.4, -0.2) is 11.3 Å². The number of benzene rings is 1. The van der Waals surface area contributed by atoms with Crippen molar-refractivity contribution < 1.29 is 17.9 Å². The predicted octanol–water partition coefficient (Wildman–Crippen LogP) is 3.27. The summed E-state index contributed by atoms with van der Waals surface area (Å²) in [6, 6.07) is 11.4. The standard InChI is InChI=1S/C14H13F3N2O/c15-14(16,17)20-13-6-4-11(5-7-13)9-18-10-12-3-1-2-8-19-12/h1-8,18H,9-10H2. The van der Waals surface area contributed by atoms with Crippen molar-refractivity contribution >= 4 is 0 Å². The molecular formula is C14H13F3N2O. The van der Waals surface area contributed by atoms with Crippen LogP contribution < -0.4 is 10.1 Å². The quantitative estimate of drug-likeness (QED) is 0.914. The van der Waals surface area contributed by atoms with Crippen LogP contribution in [0.4, 0.5) is 13.2 Å². The number of halogens is 3. The predicted molar refractivity (Wildman–Crippen MR) is 67.9 cm³/mol.